The van der Waals surface area contributed by atoms with Crippen molar-refractivity contribution >= 4 is 19.9 Å². The summed E-state index contributed by atoms with van der Waals surface area (Å²) in [5, 5.41) is 0. The molecule has 124 valence electrons. The molecule has 22 heavy (non-hydrogen) atoms. The molecule has 1 aromatic carbocycles. The van der Waals surface area contributed by atoms with E-state index >= 15 is 0 Å². The Labute approximate surface area is 133 Å². The lowest BCUT2D eigenvalue weighted by Crippen LogP contribution is -2.42. The van der Waals surface area contributed by atoms with Crippen LogP contribution in [0.15, 0.2) is 35.2 Å². The fourth-order valence-corrected chi connectivity index (χ4v) is 6.11. The standard InChI is InChI=1S/C15H23NO4S2/c1-2-11-22(19,20)16-10-6-7-14(12-16)13-21(17,18)15-8-4-3-5-9-15/h3-5,8-9,14H,2,6-7,10-13H2,1H3. The van der Waals surface area contributed by atoms with Crippen molar-refractivity contribution in [2.24, 2.45) is 5.92 Å². The molecule has 0 amide bonds. The number of rotatable bonds is 6. The van der Waals surface area contributed by atoms with Gasteiger partial charge in [-0.15, -0.1) is 0 Å². The molecule has 1 heterocycles. The predicted molar refractivity (Wildman–Crippen MR) is 86.9 cm³/mol. The van der Waals surface area contributed by atoms with Crippen molar-refractivity contribution in [3.63, 3.8) is 0 Å². The summed E-state index contributed by atoms with van der Waals surface area (Å²) in [4.78, 5) is 0.309. The Kier molecular flexibility index (Phi) is 5.63. The Balaban J connectivity index is 2.08. The van der Waals surface area contributed by atoms with Crippen molar-refractivity contribution in [2.75, 3.05) is 24.6 Å². The molecule has 7 heteroatoms. The Morgan fingerprint density at radius 2 is 1.82 bits per heavy atom. The molecule has 1 unspecified atom stereocenters. The van der Waals surface area contributed by atoms with Crippen molar-refractivity contribution in [3.8, 4) is 0 Å². The third kappa shape index (κ3) is 4.30. The molecule has 2 rings (SSSR count). The minimum Gasteiger partial charge on any atom is -0.224 e. The highest BCUT2D eigenvalue weighted by Gasteiger charge is 2.31. The SMILES string of the molecule is CCCS(=O)(=O)N1CCCC(CS(=O)(=O)c2ccccc2)C1. The number of piperidine rings is 1. The van der Waals surface area contributed by atoms with Gasteiger partial charge in [-0.1, -0.05) is 25.1 Å². The van der Waals surface area contributed by atoms with Crippen LogP contribution in [-0.2, 0) is 19.9 Å². The minimum atomic E-state index is -3.36. The van der Waals surface area contributed by atoms with Crippen LogP contribution in [0.5, 0.6) is 0 Å². The smallest absolute Gasteiger partial charge is 0.214 e. The summed E-state index contributed by atoms with van der Waals surface area (Å²) >= 11 is 0. The van der Waals surface area contributed by atoms with Crippen LogP contribution in [0, 0.1) is 5.92 Å². The van der Waals surface area contributed by atoms with Gasteiger partial charge in [0.15, 0.2) is 9.84 Å². The third-order valence-electron chi connectivity index (χ3n) is 3.89. The van der Waals surface area contributed by atoms with E-state index in [0.717, 1.165) is 12.8 Å². The van der Waals surface area contributed by atoms with Crippen LogP contribution in [0.3, 0.4) is 0 Å². The van der Waals surface area contributed by atoms with Gasteiger partial charge in [-0.25, -0.2) is 21.1 Å². The first-order valence-corrected chi connectivity index (χ1v) is 10.9. The van der Waals surface area contributed by atoms with Gasteiger partial charge in [-0.2, -0.15) is 0 Å². The molecule has 0 N–H and O–H groups in total. The number of nitrogens with zero attached hydrogens (tertiary/aromatic N) is 1. The van der Waals surface area contributed by atoms with Crippen molar-refractivity contribution < 1.29 is 16.8 Å². The molecule has 5 nitrogen and oxygen atoms in total. The Hall–Kier alpha value is -0.920. The zero-order valence-corrected chi connectivity index (χ0v) is 14.4. The van der Waals surface area contributed by atoms with Crippen LogP contribution in [0.4, 0.5) is 0 Å². The van der Waals surface area contributed by atoms with Gasteiger partial charge in [0.2, 0.25) is 10.0 Å². The van der Waals surface area contributed by atoms with Crippen LogP contribution >= 0.6 is 0 Å². The van der Waals surface area contributed by atoms with E-state index in [-0.39, 0.29) is 17.4 Å². The second-order valence-electron chi connectivity index (χ2n) is 5.78. The number of hydrogen-bond acceptors (Lipinski definition) is 4. The molecular formula is C15H23NO4S2. The topological polar surface area (TPSA) is 71.5 Å². The van der Waals surface area contributed by atoms with E-state index in [4.69, 9.17) is 0 Å². The zero-order chi connectivity index (χ0) is 16.2. The maximum Gasteiger partial charge on any atom is 0.214 e. The van der Waals surface area contributed by atoms with E-state index in [1.165, 1.54) is 4.31 Å². The molecule has 0 radical (unpaired) electrons. The van der Waals surface area contributed by atoms with E-state index in [2.05, 4.69) is 0 Å². The summed E-state index contributed by atoms with van der Waals surface area (Å²) in [5.74, 6) is 0.00548. The second kappa shape index (κ2) is 7.10. The normalized spacial score (nSPS) is 20.9. The summed E-state index contributed by atoms with van der Waals surface area (Å²) in [6.45, 7) is 2.65. The number of benzene rings is 1. The first-order valence-electron chi connectivity index (χ1n) is 7.61. The molecule has 0 aromatic heterocycles. The minimum absolute atomic E-state index is 0.00909. The van der Waals surface area contributed by atoms with E-state index < -0.39 is 19.9 Å². The lowest BCUT2D eigenvalue weighted by molar-refractivity contribution is 0.282. The van der Waals surface area contributed by atoms with E-state index in [9.17, 15) is 16.8 Å². The zero-order valence-electron chi connectivity index (χ0n) is 12.8. The molecule has 0 aliphatic carbocycles. The molecular weight excluding hydrogens is 322 g/mol. The average molecular weight is 345 g/mol. The average Bonchev–Trinajstić information content (AvgIpc) is 2.48. The van der Waals surface area contributed by atoms with Gasteiger partial charge in [-0.3, -0.25) is 0 Å². The summed E-state index contributed by atoms with van der Waals surface area (Å²) in [5.41, 5.74) is 0. The Morgan fingerprint density at radius 3 is 2.45 bits per heavy atom. The first-order chi connectivity index (χ1) is 10.3. The fraction of sp³-hybridized carbons (Fsp3) is 0.600. The highest BCUT2D eigenvalue weighted by Crippen LogP contribution is 2.23. The summed E-state index contributed by atoms with van der Waals surface area (Å²) < 4.78 is 50.6. The van der Waals surface area contributed by atoms with Gasteiger partial charge in [0.25, 0.3) is 0 Å². The van der Waals surface area contributed by atoms with Crippen molar-refractivity contribution in [2.45, 2.75) is 31.1 Å². The van der Waals surface area contributed by atoms with Crippen LogP contribution in [0.1, 0.15) is 26.2 Å². The van der Waals surface area contributed by atoms with Crippen molar-refractivity contribution in [1.29, 1.82) is 0 Å². The monoisotopic (exact) mass is 345 g/mol. The van der Waals surface area contributed by atoms with Crippen molar-refractivity contribution in [3.05, 3.63) is 30.3 Å². The van der Waals surface area contributed by atoms with Crippen molar-refractivity contribution in [1.82, 2.24) is 4.31 Å². The predicted octanol–water partition coefficient (Wildman–Crippen LogP) is 1.91. The Morgan fingerprint density at radius 1 is 1.14 bits per heavy atom. The molecule has 1 aliphatic heterocycles. The summed E-state index contributed by atoms with van der Waals surface area (Å²) in [7, 11) is -6.61. The molecule has 1 fully saturated rings. The van der Waals surface area contributed by atoms with Crippen LogP contribution in [-0.4, -0.2) is 45.7 Å². The van der Waals surface area contributed by atoms with Gasteiger partial charge in [0.1, 0.15) is 0 Å². The summed E-state index contributed by atoms with van der Waals surface area (Å²) in [6, 6.07) is 8.35. The molecule has 0 saturated carbocycles. The molecule has 1 saturated heterocycles. The Bertz CT molecular complexity index is 684. The largest absolute Gasteiger partial charge is 0.224 e. The number of hydrogen-bond donors (Lipinski definition) is 0. The van der Waals surface area contributed by atoms with Crippen LogP contribution < -0.4 is 0 Å². The molecule has 0 spiro atoms. The molecule has 1 aliphatic rings. The quantitative estimate of drug-likeness (QED) is 0.789. The highest BCUT2D eigenvalue weighted by molar-refractivity contribution is 7.91. The number of sulfone groups is 1. The maximum absolute atomic E-state index is 12.4. The van der Waals surface area contributed by atoms with Gasteiger partial charge in [0, 0.05) is 13.1 Å². The van der Waals surface area contributed by atoms with E-state index in [1.54, 1.807) is 30.3 Å². The van der Waals surface area contributed by atoms with Gasteiger partial charge < -0.3 is 0 Å². The van der Waals surface area contributed by atoms with Crippen LogP contribution in [0.2, 0.25) is 0 Å². The number of sulfonamides is 1. The first kappa shape index (κ1) is 17.4. The third-order valence-corrected chi connectivity index (χ3v) is 7.84. The lowest BCUT2D eigenvalue weighted by Gasteiger charge is -2.31. The fourth-order valence-electron chi connectivity index (χ4n) is 2.84. The second-order valence-corrected chi connectivity index (χ2v) is 9.90. The van der Waals surface area contributed by atoms with Gasteiger partial charge in [0.05, 0.1) is 16.4 Å². The molecule has 0 bridgehead atoms. The van der Waals surface area contributed by atoms with Gasteiger partial charge >= 0.3 is 0 Å². The lowest BCUT2D eigenvalue weighted by atomic mass is 10.0. The maximum atomic E-state index is 12.4. The highest BCUT2D eigenvalue weighted by atomic mass is 32.2. The summed E-state index contributed by atoms with van der Waals surface area (Å²) in [6.07, 6.45) is 2.05. The van der Waals surface area contributed by atoms with E-state index in [1.807, 2.05) is 6.92 Å². The van der Waals surface area contributed by atoms with Gasteiger partial charge in [-0.05, 0) is 37.3 Å². The van der Waals surface area contributed by atoms with E-state index in [0.29, 0.717) is 24.4 Å². The molecule has 1 atom stereocenters. The van der Waals surface area contributed by atoms with Crippen LogP contribution in [0.25, 0.3) is 0 Å². The molecule has 1 aromatic rings.